The van der Waals surface area contributed by atoms with Crippen LogP contribution in [-0.4, -0.2) is 29.9 Å². The Labute approximate surface area is 210 Å². The Morgan fingerprint density at radius 2 is 1.71 bits per heavy atom. The maximum atomic E-state index is 13.3. The van der Waals surface area contributed by atoms with Gasteiger partial charge in [-0.3, -0.25) is 19.3 Å². The molecule has 3 aromatic carbocycles. The number of benzene rings is 3. The van der Waals surface area contributed by atoms with Gasteiger partial charge in [0.05, 0.1) is 18.7 Å². The van der Waals surface area contributed by atoms with Crippen molar-refractivity contribution in [1.82, 2.24) is 0 Å². The number of carbonyl (C=O) groups is 3. The predicted molar refractivity (Wildman–Crippen MR) is 134 cm³/mol. The number of nitrogens with zero attached hydrogens (tertiary/aromatic N) is 1. The molecule has 0 aliphatic carbocycles. The highest BCUT2D eigenvalue weighted by molar-refractivity contribution is 9.10. The summed E-state index contributed by atoms with van der Waals surface area (Å²) in [6, 6.07) is 17.5. The number of esters is 1. The molecule has 7 nitrogen and oxygen atoms in total. The standard InChI is InChI=1S/C27H22BrNO6/c1-15-13-18(9-12-22(15)28)25(31)23-24(17-7-10-20(11-8-17)35-16(2)30)29(27(33)26(23)32)19-5-4-6-21(14-19)34-3/h4-14,24,31H,1-3H3/b25-23+. The first-order chi connectivity index (χ1) is 16.7. The van der Waals surface area contributed by atoms with Crippen molar-refractivity contribution < 1.29 is 29.0 Å². The van der Waals surface area contributed by atoms with E-state index in [0.717, 1.165) is 10.0 Å². The molecule has 35 heavy (non-hydrogen) atoms. The van der Waals surface area contributed by atoms with Crippen molar-refractivity contribution in [3.8, 4) is 11.5 Å². The fourth-order valence-corrected chi connectivity index (χ4v) is 4.25. The summed E-state index contributed by atoms with van der Waals surface area (Å²) < 4.78 is 11.3. The number of methoxy groups -OCH3 is 1. The third-order valence-corrected chi connectivity index (χ3v) is 6.55. The highest BCUT2D eigenvalue weighted by Crippen LogP contribution is 2.43. The first-order valence-corrected chi connectivity index (χ1v) is 11.5. The summed E-state index contributed by atoms with van der Waals surface area (Å²) in [6.45, 7) is 3.16. The molecule has 1 atom stereocenters. The van der Waals surface area contributed by atoms with Gasteiger partial charge in [0, 0.05) is 28.7 Å². The first-order valence-electron chi connectivity index (χ1n) is 10.7. The van der Waals surface area contributed by atoms with Crippen LogP contribution in [0.5, 0.6) is 11.5 Å². The second-order valence-electron chi connectivity index (χ2n) is 8.00. The minimum atomic E-state index is -0.919. The van der Waals surface area contributed by atoms with Crippen LogP contribution in [0, 0.1) is 6.92 Å². The van der Waals surface area contributed by atoms with Crippen molar-refractivity contribution >= 4 is 45.0 Å². The average Bonchev–Trinajstić information content (AvgIpc) is 3.11. The van der Waals surface area contributed by atoms with Crippen molar-refractivity contribution in [2.75, 3.05) is 12.0 Å². The minimum absolute atomic E-state index is 0.0419. The lowest BCUT2D eigenvalue weighted by Gasteiger charge is -2.26. The molecule has 3 aromatic rings. The van der Waals surface area contributed by atoms with E-state index >= 15 is 0 Å². The van der Waals surface area contributed by atoms with Gasteiger partial charge in [0.15, 0.2) is 0 Å². The van der Waals surface area contributed by atoms with Crippen LogP contribution in [0.25, 0.3) is 5.76 Å². The van der Waals surface area contributed by atoms with E-state index < -0.39 is 23.7 Å². The van der Waals surface area contributed by atoms with Crippen LogP contribution in [0.3, 0.4) is 0 Å². The fraction of sp³-hybridized carbons (Fsp3) is 0.148. The number of hydrogen-bond acceptors (Lipinski definition) is 6. The zero-order valence-corrected chi connectivity index (χ0v) is 20.8. The van der Waals surface area contributed by atoms with Crippen LogP contribution in [0.15, 0.2) is 76.8 Å². The number of ketones is 1. The van der Waals surface area contributed by atoms with E-state index in [2.05, 4.69) is 15.9 Å². The molecule has 1 aliphatic heterocycles. The largest absolute Gasteiger partial charge is 0.507 e. The number of anilines is 1. The van der Waals surface area contributed by atoms with E-state index in [-0.39, 0.29) is 11.3 Å². The minimum Gasteiger partial charge on any atom is -0.507 e. The van der Waals surface area contributed by atoms with Crippen molar-refractivity contribution in [3.05, 3.63) is 93.5 Å². The zero-order valence-electron chi connectivity index (χ0n) is 19.2. The second-order valence-corrected chi connectivity index (χ2v) is 8.85. The third-order valence-electron chi connectivity index (χ3n) is 5.66. The molecule has 1 amide bonds. The molecule has 1 saturated heterocycles. The lowest BCUT2D eigenvalue weighted by Crippen LogP contribution is -2.29. The molecular formula is C27H22BrNO6. The van der Waals surface area contributed by atoms with Crippen molar-refractivity contribution in [1.29, 1.82) is 0 Å². The zero-order chi connectivity index (χ0) is 25.3. The van der Waals surface area contributed by atoms with Gasteiger partial charge in [-0.2, -0.15) is 0 Å². The van der Waals surface area contributed by atoms with E-state index in [0.29, 0.717) is 28.3 Å². The number of halogens is 1. The number of aliphatic hydroxyl groups excluding tert-OH is 1. The summed E-state index contributed by atoms with van der Waals surface area (Å²) in [7, 11) is 1.51. The molecule has 178 valence electrons. The van der Waals surface area contributed by atoms with Crippen LogP contribution in [0.2, 0.25) is 0 Å². The number of ether oxygens (including phenoxy) is 2. The average molecular weight is 536 g/mol. The molecule has 1 N–H and O–H groups in total. The van der Waals surface area contributed by atoms with Crippen molar-refractivity contribution in [2.45, 2.75) is 19.9 Å². The Morgan fingerprint density at radius 3 is 2.34 bits per heavy atom. The van der Waals surface area contributed by atoms with Crippen LogP contribution in [-0.2, 0) is 14.4 Å². The van der Waals surface area contributed by atoms with Crippen LogP contribution in [0.4, 0.5) is 5.69 Å². The summed E-state index contributed by atoms with van der Waals surface area (Å²) in [5.41, 5.74) is 2.22. The lowest BCUT2D eigenvalue weighted by atomic mass is 9.94. The topological polar surface area (TPSA) is 93.1 Å². The Kier molecular flexibility index (Phi) is 6.75. The van der Waals surface area contributed by atoms with Crippen molar-refractivity contribution in [2.24, 2.45) is 0 Å². The van der Waals surface area contributed by atoms with Gasteiger partial charge in [-0.1, -0.05) is 40.2 Å². The maximum absolute atomic E-state index is 13.3. The molecule has 0 spiro atoms. The molecule has 0 bridgehead atoms. The summed E-state index contributed by atoms with van der Waals surface area (Å²) >= 11 is 3.43. The van der Waals surface area contributed by atoms with Gasteiger partial charge in [-0.15, -0.1) is 0 Å². The number of Topliss-reactive ketones (excluding diaryl/α,β-unsaturated/α-hetero) is 1. The maximum Gasteiger partial charge on any atom is 0.308 e. The van der Waals surface area contributed by atoms with Crippen molar-refractivity contribution in [3.63, 3.8) is 0 Å². The lowest BCUT2D eigenvalue weighted by molar-refractivity contribution is -0.132. The SMILES string of the molecule is COc1cccc(N2C(=O)C(=O)/C(=C(/O)c3ccc(Br)c(C)c3)C2c2ccc(OC(C)=O)cc2)c1. The van der Waals surface area contributed by atoms with E-state index in [4.69, 9.17) is 9.47 Å². The van der Waals surface area contributed by atoms with E-state index in [1.807, 2.05) is 6.92 Å². The third kappa shape index (κ3) is 4.70. The summed E-state index contributed by atoms with van der Waals surface area (Å²) in [5.74, 6) is -1.49. The van der Waals surface area contributed by atoms with E-state index in [1.165, 1.54) is 18.9 Å². The van der Waals surface area contributed by atoms with Gasteiger partial charge < -0.3 is 14.6 Å². The molecular weight excluding hydrogens is 514 g/mol. The molecule has 1 aliphatic rings. The summed E-state index contributed by atoms with van der Waals surface area (Å²) in [6.07, 6.45) is 0. The monoisotopic (exact) mass is 535 g/mol. The Balaban J connectivity index is 1.91. The molecule has 1 fully saturated rings. The van der Waals surface area contributed by atoms with Gasteiger partial charge in [0.25, 0.3) is 11.7 Å². The Hall–Kier alpha value is -3.91. The molecule has 0 saturated carbocycles. The highest BCUT2D eigenvalue weighted by atomic mass is 79.9. The van der Waals surface area contributed by atoms with E-state index in [1.54, 1.807) is 66.7 Å². The fourth-order valence-electron chi connectivity index (χ4n) is 4.01. The number of aryl methyl sites for hydroxylation is 1. The number of aliphatic hydroxyl groups is 1. The van der Waals surface area contributed by atoms with Gasteiger partial charge in [0.2, 0.25) is 0 Å². The van der Waals surface area contributed by atoms with Gasteiger partial charge >= 0.3 is 5.97 Å². The molecule has 0 radical (unpaired) electrons. The van der Waals surface area contributed by atoms with Gasteiger partial charge in [-0.25, -0.2) is 0 Å². The Morgan fingerprint density at radius 1 is 1.00 bits per heavy atom. The normalized spacial score (nSPS) is 16.9. The smallest absolute Gasteiger partial charge is 0.308 e. The van der Waals surface area contributed by atoms with E-state index in [9.17, 15) is 19.5 Å². The second kappa shape index (κ2) is 9.76. The Bertz CT molecular complexity index is 1360. The molecule has 1 heterocycles. The van der Waals surface area contributed by atoms with Crippen LogP contribution in [0.1, 0.15) is 29.7 Å². The van der Waals surface area contributed by atoms with Gasteiger partial charge in [0.1, 0.15) is 17.3 Å². The molecule has 8 heteroatoms. The molecule has 4 rings (SSSR count). The number of amides is 1. The van der Waals surface area contributed by atoms with Crippen LogP contribution >= 0.6 is 15.9 Å². The van der Waals surface area contributed by atoms with Crippen LogP contribution < -0.4 is 14.4 Å². The summed E-state index contributed by atoms with van der Waals surface area (Å²) in [5, 5.41) is 11.3. The highest BCUT2D eigenvalue weighted by Gasteiger charge is 2.47. The number of rotatable bonds is 5. The van der Waals surface area contributed by atoms with Gasteiger partial charge in [-0.05, 0) is 54.4 Å². The molecule has 1 unspecified atom stereocenters. The predicted octanol–water partition coefficient (Wildman–Crippen LogP) is 5.32. The first kappa shape index (κ1) is 24.2. The number of carbonyl (C=O) groups excluding carboxylic acids is 3. The number of hydrogen-bond donors (Lipinski definition) is 1. The molecule has 0 aromatic heterocycles. The summed E-state index contributed by atoms with van der Waals surface area (Å²) in [4.78, 5) is 39.2. The quantitative estimate of drug-likeness (QED) is 0.156.